The van der Waals surface area contributed by atoms with E-state index < -0.39 is 5.60 Å². The summed E-state index contributed by atoms with van der Waals surface area (Å²) in [6.07, 6.45) is 5.33. The van der Waals surface area contributed by atoms with Gasteiger partial charge in [-0.05, 0) is 36.4 Å². The average molecular weight is 231 g/mol. The van der Waals surface area contributed by atoms with Gasteiger partial charge in [-0.2, -0.15) is 0 Å². The molecule has 0 heterocycles. The van der Waals surface area contributed by atoms with Crippen molar-refractivity contribution in [3.05, 3.63) is 0 Å². The SMILES string of the molecule is CC[C@H]1CCCC[C@@]1(O)C#CBr. The quantitative estimate of drug-likeness (QED) is 0.688. The zero-order valence-electron chi connectivity index (χ0n) is 7.44. The molecule has 0 radical (unpaired) electrons. The number of hydrogen-bond donors (Lipinski definition) is 1. The lowest BCUT2D eigenvalue weighted by molar-refractivity contribution is 0.00281. The van der Waals surface area contributed by atoms with E-state index in [1.807, 2.05) is 0 Å². The van der Waals surface area contributed by atoms with Crippen molar-refractivity contribution >= 4 is 15.9 Å². The van der Waals surface area contributed by atoms with E-state index in [1.165, 1.54) is 6.42 Å². The summed E-state index contributed by atoms with van der Waals surface area (Å²) >= 11 is 3.06. The van der Waals surface area contributed by atoms with Gasteiger partial charge in [-0.3, -0.25) is 0 Å². The molecule has 1 saturated carbocycles. The van der Waals surface area contributed by atoms with Crippen LogP contribution in [0.1, 0.15) is 39.0 Å². The van der Waals surface area contributed by atoms with Gasteiger partial charge in [-0.1, -0.05) is 19.3 Å². The molecule has 2 heteroatoms. The first-order chi connectivity index (χ1) is 5.73. The van der Waals surface area contributed by atoms with Crippen LogP contribution in [0.25, 0.3) is 0 Å². The number of aliphatic hydroxyl groups is 1. The van der Waals surface area contributed by atoms with Gasteiger partial charge in [0.1, 0.15) is 5.60 Å². The van der Waals surface area contributed by atoms with E-state index >= 15 is 0 Å². The van der Waals surface area contributed by atoms with Crippen molar-refractivity contribution in [2.75, 3.05) is 0 Å². The second kappa shape index (κ2) is 4.30. The van der Waals surface area contributed by atoms with Gasteiger partial charge in [-0.15, -0.1) is 0 Å². The maximum atomic E-state index is 10.1. The molecule has 0 spiro atoms. The van der Waals surface area contributed by atoms with Gasteiger partial charge < -0.3 is 5.11 Å². The van der Waals surface area contributed by atoms with Gasteiger partial charge in [0.05, 0.1) is 0 Å². The van der Waals surface area contributed by atoms with E-state index in [0.717, 1.165) is 25.7 Å². The Balaban J connectivity index is 2.73. The normalized spacial score (nSPS) is 35.4. The molecule has 1 aliphatic rings. The minimum atomic E-state index is -0.712. The highest BCUT2D eigenvalue weighted by Gasteiger charge is 2.35. The number of halogens is 1. The van der Waals surface area contributed by atoms with Crippen molar-refractivity contribution < 1.29 is 5.11 Å². The summed E-state index contributed by atoms with van der Waals surface area (Å²) < 4.78 is 0. The third-order valence-corrected chi connectivity index (χ3v) is 2.99. The molecule has 1 nitrogen and oxygen atoms in total. The van der Waals surface area contributed by atoms with Crippen LogP contribution in [0.2, 0.25) is 0 Å². The first kappa shape index (κ1) is 10.1. The van der Waals surface area contributed by atoms with Crippen LogP contribution >= 0.6 is 15.9 Å². The van der Waals surface area contributed by atoms with Crippen LogP contribution in [0.5, 0.6) is 0 Å². The van der Waals surface area contributed by atoms with E-state index in [2.05, 4.69) is 33.6 Å². The maximum Gasteiger partial charge on any atom is 0.129 e. The summed E-state index contributed by atoms with van der Waals surface area (Å²) in [7, 11) is 0. The molecule has 68 valence electrons. The van der Waals surface area contributed by atoms with Crippen LogP contribution < -0.4 is 0 Å². The van der Waals surface area contributed by atoms with Crippen LogP contribution in [0.15, 0.2) is 0 Å². The third-order valence-electron chi connectivity index (χ3n) is 2.79. The Morgan fingerprint density at radius 3 is 2.92 bits per heavy atom. The molecule has 1 aliphatic carbocycles. The minimum absolute atomic E-state index is 0.372. The zero-order chi connectivity index (χ0) is 9.03. The molecule has 0 amide bonds. The fourth-order valence-electron chi connectivity index (χ4n) is 2.02. The minimum Gasteiger partial charge on any atom is -0.377 e. The van der Waals surface area contributed by atoms with Crippen molar-refractivity contribution in [1.29, 1.82) is 0 Å². The molecule has 0 aromatic heterocycles. The summed E-state index contributed by atoms with van der Waals surface area (Å²) in [6, 6.07) is 0. The van der Waals surface area contributed by atoms with Crippen molar-refractivity contribution in [2.24, 2.45) is 5.92 Å². The number of hydrogen-bond acceptors (Lipinski definition) is 1. The molecule has 0 unspecified atom stereocenters. The van der Waals surface area contributed by atoms with Gasteiger partial charge in [0.15, 0.2) is 0 Å². The first-order valence-corrected chi connectivity index (χ1v) is 5.37. The molecular formula is C10H15BrO. The predicted octanol–water partition coefficient (Wildman–Crippen LogP) is 2.67. The first-order valence-electron chi connectivity index (χ1n) is 4.58. The smallest absolute Gasteiger partial charge is 0.129 e. The summed E-state index contributed by atoms with van der Waals surface area (Å²) in [5, 5.41) is 10.1. The highest BCUT2D eigenvalue weighted by Crippen LogP contribution is 2.35. The molecule has 2 atom stereocenters. The van der Waals surface area contributed by atoms with E-state index in [-0.39, 0.29) is 0 Å². The fourth-order valence-corrected chi connectivity index (χ4v) is 2.36. The van der Waals surface area contributed by atoms with Crippen LogP contribution in [0.4, 0.5) is 0 Å². The highest BCUT2D eigenvalue weighted by atomic mass is 79.9. The lowest BCUT2D eigenvalue weighted by Gasteiger charge is -2.35. The monoisotopic (exact) mass is 230 g/mol. The molecule has 0 saturated heterocycles. The highest BCUT2D eigenvalue weighted by molar-refractivity contribution is 9.12. The third kappa shape index (κ3) is 2.02. The molecule has 1 rings (SSSR count). The fraction of sp³-hybridized carbons (Fsp3) is 0.800. The molecular weight excluding hydrogens is 216 g/mol. The number of rotatable bonds is 1. The maximum absolute atomic E-state index is 10.1. The van der Waals surface area contributed by atoms with Gasteiger partial charge in [0.2, 0.25) is 0 Å². The van der Waals surface area contributed by atoms with Crippen LogP contribution in [-0.2, 0) is 0 Å². The summed E-state index contributed by atoms with van der Waals surface area (Å²) in [5.41, 5.74) is -0.712. The molecule has 0 aromatic rings. The van der Waals surface area contributed by atoms with Crippen molar-refractivity contribution in [1.82, 2.24) is 0 Å². The van der Waals surface area contributed by atoms with Crippen LogP contribution in [0, 0.1) is 16.7 Å². The van der Waals surface area contributed by atoms with Gasteiger partial charge in [0.25, 0.3) is 0 Å². The van der Waals surface area contributed by atoms with E-state index in [1.54, 1.807) is 0 Å². The summed E-state index contributed by atoms with van der Waals surface area (Å²) in [6.45, 7) is 2.12. The Morgan fingerprint density at radius 2 is 2.33 bits per heavy atom. The topological polar surface area (TPSA) is 20.2 Å². The summed E-state index contributed by atoms with van der Waals surface area (Å²) in [4.78, 5) is 2.65. The molecule has 12 heavy (non-hydrogen) atoms. The molecule has 0 aromatic carbocycles. The van der Waals surface area contributed by atoms with Crippen LogP contribution in [-0.4, -0.2) is 10.7 Å². The zero-order valence-corrected chi connectivity index (χ0v) is 9.02. The van der Waals surface area contributed by atoms with Gasteiger partial charge in [0, 0.05) is 15.9 Å². The van der Waals surface area contributed by atoms with Gasteiger partial charge in [-0.25, -0.2) is 0 Å². The second-order valence-corrected chi connectivity index (χ2v) is 3.89. The second-order valence-electron chi connectivity index (χ2n) is 3.49. The Hall–Kier alpha value is 0. The summed E-state index contributed by atoms with van der Waals surface area (Å²) in [5.74, 6) is 3.26. The Bertz CT molecular complexity index is 204. The average Bonchev–Trinajstić information content (AvgIpc) is 2.05. The van der Waals surface area contributed by atoms with Crippen LogP contribution in [0.3, 0.4) is 0 Å². The largest absolute Gasteiger partial charge is 0.377 e. The van der Waals surface area contributed by atoms with Gasteiger partial charge >= 0.3 is 0 Å². The Kier molecular flexibility index (Phi) is 3.61. The Morgan fingerprint density at radius 1 is 1.58 bits per heavy atom. The molecule has 0 aliphatic heterocycles. The standard InChI is InChI=1S/C10H15BrO/c1-2-9-5-3-4-6-10(9,12)7-8-11/h9,12H,2-6H2,1H3/t9-,10+/m0/s1. The van der Waals surface area contributed by atoms with E-state index in [0.29, 0.717) is 5.92 Å². The van der Waals surface area contributed by atoms with E-state index in [9.17, 15) is 5.11 Å². The molecule has 1 N–H and O–H groups in total. The molecule has 1 fully saturated rings. The Labute approximate surface area is 82.7 Å². The molecule has 0 bridgehead atoms. The lowest BCUT2D eigenvalue weighted by atomic mass is 9.75. The lowest BCUT2D eigenvalue weighted by Crippen LogP contribution is -2.38. The van der Waals surface area contributed by atoms with Crippen molar-refractivity contribution in [2.45, 2.75) is 44.6 Å². The van der Waals surface area contributed by atoms with Crippen molar-refractivity contribution in [3.8, 4) is 10.8 Å². The van der Waals surface area contributed by atoms with Crippen molar-refractivity contribution in [3.63, 3.8) is 0 Å². The van der Waals surface area contributed by atoms with E-state index in [4.69, 9.17) is 0 Å². The predicted molar refractivity (Wildman–Crippen MR) is 53.9 cm³/mol.